The van der Waals surface area contributed by atoms with E-state index >= 15 is 0 Å². The minimum atomic E-state index is -0.209. The summed E-state index contributed by atoms with van der Waals surface area (Å²) in [4.78, 5) is 25.4. The lowest BCUT2D eigenvalue weighted by Crippen LogP contribution is -2.57. The molecule has 8 nitrogen and oxygen atoms in total. The van der Waals surface area contributed by atoms with E-state index in [1.807, 2.05) is 0 Å². The van der Waals surface area contributed by atoms with E-state index in [4.69, 9.17) is 0 Å². The van der Waals surface area contributed by atoms with Gasteiger partial charge in [-0.15, -0.1) is 23.5 Å². The van der Waals surface area contributed by atoms with Crippen LogP contribution in [0.1, 0.15) is 25.7 Å². The molecule has 4 fully saturated rings. The lowest BCUT2D eigenvalue weighted by Gasteiger charge is -2.28. The van der Waals surface area contributed by atoms with Crippen LogP contribution in [-0.2, 0) is 9.59 Å². The van der Waals surface area contributed by atoms with Gasteiger partial charge in [-0.05, 0) is 38.0 Å². The molecule has 2 amide bonds. The first-order valence-corrected chi connectivity index (χ1v) is 11.5. The quantitative estimate of drug-likeness (QED) is 0.353. The van der Waals surface area contributed by atoms with Gasteiger partial charge in [0.15, 0.2) is 0 Å². The van der Waals surface area contributed by atoms with E-state index in [9.17, 15) is 9.59 Å². The summed E-state index contributed by atoms with van der Waals surface area (Å²) in [5.74, 6) is 0.785. The van der Waals surface area contributed by atoms with E-state index in [2.05, 4.69) is 32.1 Å². The Morgan fingerprint density at radius 1 is 1.04 bits per heavy atom. The van der Waals surface area contributed by atoms with Crippen LogP contribution in [0.3, 0.4) is 0 Å². The number of hydrogen-bond acceptors (Lipinski definition) is 8. The molecule has 6 atom stereocenters. The lowest BCUT2D eigenvalue weighted by atomic mass is 10.0. The van der Waals surface area contributed by atoms with Crippen LogP contribution in [0.25, 0.3) is 0 Å². The number of hydrogen-bond donors (Lipinski definition) is 6. The average molecular weight is 401 g/mol. The van der Waals surface area contributed by atoms with Crippen molar-refractivity contribution in [1.29, 1.82) is 0 Å². The molecule has 26 heavy (non-hydrogen) atoms. The predicted molar refractivity (Wildman–Crippen MR) is 104 cm³/mol. The Hall–Kier alpha value is -0.520. The minimum absolute atomic E-state index is 0.0130. The van der Waals surface area contributed by atoms with Gasteiger partial charge in [0.25, 0.3) is 0 Å². The molecule has 146 valence electrons. The van der Waals surface area contributed by atoms with Crippen molar-refractivity contribution >= 4 is 35.3 Å². The number of amides is 2. The molecule has 6 unspecified atom stereocenters. The second-order valence-electron chi connectivity index (χ2n) is 7.29. The third kappa shape index (κ3) is 4.31. The zero-order chi connectivity index (χ0) is 17.9. The average Bonchev–Trinajstić information content (AvgIpc) is 3.29. The number of piperidine rings is 1. The van der Waals surface area contributed by atoms with Crippen LogP contribution >= 0.6 is 23.5 Å². The summed E-state index contributed by atoms with van der Waals surface area (Å²) >= 11 is 3.41. The van der Waals surface area contributed by atoms with Gasteiger partial charge in [-0.25, -0.2) is 5.43 Å². The van der Waals surface area contributed by atoms with Crippen LogP contribution in [0.5, 0.6) is 0 Å². The molecule has 4 rings (SSSR count). The maximum atomic E-state index is 12.7. The number of nitrogens with one attached hydrogen (secondary N) is 6. The van der Waals surface area contributed by atoms with Crippen molar-refractivity contribution in [3.05, 3.63) is 0 Å². The minimum Gasteiger partial charge on any atom is -0.341 e. The molecule has 0 aromatic heterocycles. The molecule has 0 aliphatic carbocycles. The Labute approximate surface area is 162 Å². The van der Waals surface area contributed by atoms with Gasteiger partial charge in [0.1, 0.15) is 5.37 Å². The number of rotatable bonds is 4. The highest BCUT2D eigenvalue weighted by molar-refractivity contribution is 8.01. The lowest BCUT2D eigenvalue weighted by molar-refractivity contribution is -0.127. The van der Waals surface area contributed by atoms with Crippen LogP contribution in [0.15, 0.2) is 0 Å². The van der Waals surface area contributed by atoms with Crippen LogP contribution in [0, 0.1) is 5.92 Å². The highest BCUT2D eigenvalue weighted by atomic mass is 32.2. The van der Waals surface area contributed by atoms with E-state index < -0.39 is 0 Å². The molecule has 10 heteroatoms. The first-order chi connectivity index (χ1) is 12.7. The SMILES string of the molecule is O=C(NC1SCCC1C(=O)NC1CCCNN1)C1NC2CNCCC2S1. The van der Waals surface area contributed by atoms with E-state index in [0.717, 1.165) is 51.1 Å². The Morgan fingerprint density at radius 2 is 1.96 bits per heavy atom. The number of carbonyl (C=O) groups excluding carboxylic acids is 2. The third-order valence-electron chi connectivity index (χ3n) is 5.43. The highest BCUT2D eigenvalue weighted by Crippen LogP contribution is 2.34. The van der Waals surface area contributed by atoms with Gasteiger partial charge < -0.3 is 16.0 Å². The molecule has 0 saturated carbocycles. The summed E-state index contributed by atoms with van der Waals surface area (Å²) in [5.41, 5.74) is 6.19. The number of hydrazine groups is 1. The normalized spacial score (nSPS) is 40.0. The van der Waals surface area contributed by atoms with Crippen molar-refractivity contribution in [1.82, 2.24) is 32.1 Å². The van der Waals surface area contributed by atoms with Crippen molar-refractivity contribution in [2.75, 3.05) is 25.4 Å². The zero-order valence-electron chi connectivity index (χ0n) is 14.8. The van der Waals surface area contributed by atoms with E-state index in [1.54, 1.807) is 23.5 Å². The zero-order valence-corrected chi connectivity index (χ0v) is 16.4. The summed E-state index contributed by atoms with van der Waals surface area (Å²) in [6, 6.07) is 0.365. The summed E-state index contributed by atoms with van der Waals surface area (Å²) in [7, 11) is 0. The van der Waals surface area contributed by atoms with Crippen molar-refractivity contribution < 1.29 is 9.59 Å². The summed E-state index contributed by atoms with van der Waals surface area (Å²) in [6.45, 7) is 2.87. The van der Waals surface area contributed by atoms with Gasteiger partial charge in [-0.2, -0.15) is 0 Å². The van der Waals surface area contributed by atoms with Gasteiger partial charge >= 0.3 is 0 Å². The number of thioether (sulfide) groups is 2. The van der Waals surface area contributed by atoms with Crippen molar-refractivity contribution in [3.8, 4) is 0 Å². The predicted octanol–water partition coefficient (Wildman–Crippen LogP) is -1.09. The van der Waals surface area contributed by atoms with Crippen molar-refractivity contribution in [2.24, 2.45) is 5.92 Å². The molecule has 4 saturated heterocycles. The molecular weight excluding hydrogens is 372 g/mol. The van der Waals surface area contributed by atoms with Crippen molar-refractivity contribution in [2.45, 2.75) is 53.9 Å². The maximum absolute atomic E-state index is 12.7. The van der Waals surface area contributed by atoms with Crippen LogP contribution < -0.4 is 32.1 Å². The molecule has 4 aliphatic rings. The van der Waals surface area contributed by atoms with Crippen LogP contribution in [-0.4, -0.2) is 65.4 Å². The van der Waals surface area contributed by atoms with Gasteiger partial charge in [0.2, 0.25) is 11.8 Å². The number of carbonyl (C=O) groups is 2. The molecule has 4 heterocycles. The smallest absolute Gasteiger partial charge is 0.248 e. The fourth-order valence-electron chi connectivity index (χ4n) is 3.98. The first kappa shape index (κ1) is 18.8. The van der Waals surface area contributed by atoms with Gasteiger partial charge in [0, 0.05) is 24.4 Å². The monoisotopic (exact) mass is 400 g/mol. The molecule has 6 N–H and O–H groups in total. The molecule has 0 aromatic rings. The van der Waals surface area contributed by atoms with E-state index in [-0.39, 0.29) is 34.6 Å². The molecule has 0 spiro atoms. The van der Waals surface area contributed by atoms with Gasteiger partial charge in [-0.1, -0.05) is 0 Å². The second kappa shape index (κ2) is 8.66. The van der Waals surface area contributed by atoms with Gasteiger partial charge in [0.05, 0.1) is 17.5 Å². The third-order valence-corrected chi connectivity index (χ3v) is 8.25. The van der Waals surface area contributed by atoms with Crippen LogP contribution in [0.4, 0.5) is 0 Å². The topological polar surface area (TPSA) is 106 Å². The van der Waals surface area contributed by atoms with E-state index in [0.29, 0.717) is 11.3 Å². The maximum Gasteiger partial charge on any atom is 0.248 e. The number of fused-ring (bicyclic) bond motifs is 1. The molecule has 4 aliphatic heterocycles. The highest BCUT2D eigenvalue weighted by Gasteiger charge is 2.41. The van der Waals surface area contributed by atoms with Gasteiger partial charge in [-0.3, -0.25) is 20.3 Å². The Bertz CT molecular complexity index is 519. The van der Waals surface area contributed by atoms with Crippen LogP contribution in [0.2, 0.25) is 0 Å². The Balaban J connectivity index is 1.29. The van der Waals surface area contributed by atoms with E-state index in [1.165, 1.54) is 0 Å². The first-order valence-electron chi connectivity index (χ1n) is 9.54. The fourth-order valence-corrected chi connectivity index (χ4v) is 6.72. The van der Waals surface area contributed by atoms with Crippen molar-refractivity contribution in [3.63, 3.8) is 0 Å². The molecule has 0 aromatic carbocycles. The molecular formula is C16H28N6O2S2. The Kier molecular flexibility index (Phi) is 6.27. The Morgan fingerprint density at radius 3 is 2.77 bits per heavy atom. The fraction of sp³-hybridized carbons (Fsp3) is 0.875. The molecule has 0 bridgehead atoms. The summed E-state index contributed by atoms with van der Waals surface area (Å²) in [5, 5.41) is 13.2. The second-order valence-corrected chi connectivity index (χ2v) is 9.89. The largest absolute Gasteiger partial charge is 0.341 e. The summed E-state index contributed by atoms with van der Waals surface area (Å²) < 4.78 is 0. The molecule has 0 radical (unpaired) electrons. The standard InChI is InChI=1S/C16H28N6O2S2/c23-13(20-12-2-1-5-18-22-12)9-4-7-25-15(9)21-14(24)16-19-10-8-17-6-3-11(10)26-16/h9-12,15-19,22H,1-8H2,(H,20,23)(H,21,24). The summed E-state index contributed by atoms with van der Waals surface area (Å²) in [6.07, 6.45) is 3.84.